The summed E-state index contributed by atoms with van der Waals surface area (Å²) >= 11 is 0. The molecule has 2 aromatic rings. The Bertz CT molecular complexity index is 680. The zero-order valence-corrected chi connectivity index (χ0v) is 12.9. The van der Waals surface area contributed by atoms with E-state index in [1.54, 1.807) is 7.11 Å². The van der Waals surface area contributed by atoms with Gasteiger partial charge in [-0.2, -0.15) is 0 Å². The van der Waals surface area contributed by atoms with Crippen molar-refractivity contribution in [2.45, 2.75) is 33.1 Å². The monoisotopic (exact) mass is 289 g/mol. The topological polar surface area (TPSA) is 72.6 Å². The van der Waals surface area contributed by atoms with E-state index in [2.05, 4.69) is 25.9 Å². The number of aromatic carboxylic acids is 1. The second-order valence-electron chi connectivity index (χ2n) is 6.00. The third kappa shape index (κ3) is 2.91. The molecule has 1 aromatic carbocycles. The number of carboxylic acids is 1. The number of benzene rings is 1. The summed E-state index contributed by atoms with van der Waals surface area (Å²) in [5.74, 6) is -0.559. The van der Waals surface area contributed by atoms with Gasteiger partial charge in [-0.3, -0.25) is 0 Å². The summed E-state index contributed by atoms with van der Waals surface area (Å²) in [6.07, 6.45) is 0. The van der Waals surface area contributed by atoms with Crippen LogP contribution < -0.4 is 4.74 Å². The van der Waals surface area contributed by atoms with E-state index in [0.29, 0.717) is 5.69 Å². The van der Waals surface area contributed by atoms with Gasteiger partial charge in [0.25, 0.3) is 0 Å². The molecule has 0 aliphatic rings. The molecule has 1 aromatic heterocycles. The van der Waals surface area contributed by atoms with Crippen molar-refractivity contribution < 1.29 is 19.2 Å². The number of nitrogens with zero attached hydrogens (tertiary/aromatic N) is 1. The second-order valence-corrected chi connectivity index (χ2v) is 6.00. The van der Waals surface area contributed by atoms with Crippen molar-refractivity contribution in [2.24, 2.45) is 0 Å². The molecule has 5 heteroatoms. The molecule has 0 bridgehead atoms. The van der Waals surface area contributed by atoms with Crippen molar-refractivity contribution in [3.8, 4) is 17.0 Å². The lowest BCUT2D eigenvalue weighted by molar-refractivity contribution is 0.0652. The summed E-state index contributed by atoms with van der Waals surface area (Å²) < 4.78 is 10.3. The molecule has 0 spiro atoms. The minimum Gasteiger partial charge on any atom is -0.496 e. The zero-order valence-electron chi connectivity index (χ0n) is 12.9. The predicted molar refractivity (Wildman–Crippen MR) is 78.9 cm³/mol. The highest BCUT2D eigenvalue weighted by atomic mass is 16.5. The van der Waals surface area contributed by atoms with Crippen molar-refractivity contribution in [2.75, 3.05) is 7.11 Å². The summed E-state index contributed by atoms with van der Waals surface area (Å²) in [5, 5.41) is 12.7. The molecular weight excluding hydrogens is 270 g/mol. The Balaban J connectivity index is 2.57. The van der Waals surface area contributed by atoms with Crippen LogP contribution in [-0.2, 0) is 5.41 Å². The van der Waals surface area contributed by atoms with Crippen LogP contribution in [0, 0.1) is 6.92 Å². The van der Waals surface area contributed by atoms with Gasteiger partial charge >= 0.3 is 5.97 Å². The third-order valence-corrected chi connectivity index (χ3v) is 3.35. The number of hydrogen-bond donors (Lipinski definition) is 1. The molecule has 1 N–H and O–H groups in total. The average Bonchev–Trinajstić information content (AvgIpc) is 2.87. The maximum absolute atomic E-state index is 10.9. The first-order chi connectivity index (χ1) is 9.74. The smallest absolute Gasteiger partial charge is 0.374 e. The lowest BCUT2D eigenvalue weighted by atomic mass is 9.84. The summed E-state index contributed by atoms with van der Waals surface area (Å²) in [4.78, 5) is 10.9. The molecule has 0 aliphatic heterocycles. The quantitative estimate of drug-likeness (QED) is 0.933. The molecular formula is C16H19NO4. The van der Waals surface area contributed by atoms with Gasteiger partial charge in [0.1, 0.15) is 11.4 Å². The maximum atomic E-state index is 10.9. The Morgan fingerprint density at radius 3 is 2.43 bits per heavy atom. The van der Waals surface area contributed by atoms with Crippen LogP contribution >= 0.6 is 0 Å². The van der Waals surface area contributed by atoms with Gasteiger partial charge in [0.2, 0.25) is 5.76 Å². The number of hydrogen-bond acceptors (Lipinski definition) is 4. The number of aromatic nitrogens is 1. The Morgan fingerprint density at radius 2 is 1.95 bits per heavy atom. The number of carbonyl (C=O) groups is 1. The highest BCUT2D eigenvalue weighted by Gasteiger charge is 2.22. The normalized spacial score (nSPS) is 11.5. The largest absolute Gasteiger partial charge is 0.496 e. The Kier molecular flexibility index (Phi) is 3.77. The predicted octanol–water partition coefficient (Wildman–Crippen LogP) is 3.65. The number of ether oxygens (including phenoxy) is 1. The Labute approximate surface area is 123 Å². The molecule has 0 unspecified atom stereocenters. The first-order valence-electron chi connectivity index (χ1n) is 6.63. The first kappa shape index (κ1) is 15.1. The molecule has 2 rings (SSSR count). The van der Waals surface area contributed by atoms with Gasteiger partial charge < -0.3 is 14.4 Å². The molecule has 5 nitrogen and oxygen atoms in total. The molecule has 0 saturated carbocycles. The van der Waals surface area contributed by atoms with E-state index in [9.17, 15) is 4.79 Å². The fourth-order valence-corrected chi connectivity index (χ4v) is 2.22. The third-order valence-electron chi connectivity index (χ3n) is 3.35. The van der Waals surface area contributed by atoms with Crippen LogP contribution in [0.5, 0.6) is 5.75 Å². The second kappa shape index (κ2) is 5.24. The average molecular weight is 289 g/mol. The van der Waals surface area contributed by atoms with Crippen LogP contribution in [0.2, 0.25) is 0 Å². The van der Waals surface area contributed by atoms with E-state index in [4.69, 9.17) is 14.4 Å². The fourth-order valence-electron chi connectivity index (χ4n) is 2.22. The first-order valence-corrected chi connectivity index (χ1v) is 6.63. The van der Waals surface area contributed by atoms with Crippen molar-refractivity contribution in [3.05, 3.63) is 35.1 Å². The van der Waals surface area contributed by atoms with Gasteiger partial charge in [0, 0.05) is 11.6 Å². The molecule has 112 valence electrons. The molecule has 0 atom stereocenters. The fraction of sp³-hybridized carbons (Fsp3) is 0.375. The summed E-state index contributed by atoms with van der Waals surface area (Å²) in [7, 11) is 1.62. The number of carboxylic acid groups (broad SMARTS) is 1. The lowest BCUT2D eigenvalue weighted by Gasteiger charge is -2.23. The molecule has 0 amide bonds. The minimum absolute atomic E-state index is 0.0509. The van der Waals surface area contributed by atoms with Gasteiger partial charge in [0.05, 0.1) is 7.11 Å². The summed E-state index contributed by atoms with van der Waals surface area (Å²) in [5.41, 5.74) is 3.32. The van der Waals surface area contributed by atoms with Gasteiger partial charge in [-0.05, 0) is 29.5 Å². The Morgan fingerprint density at radius 1 is 1.29 bits per heavy atom. The van der Waals surface area contributed by atoms with Gasteiger partial charge in [-0.25, -0.2) is 4.79 Å². The van der Waals surface area contributed by atoms with E-state index in [-0.39, 0.29) is 11.2 Å². The molecule has 0 radical (unpaired) electrons. The van der Waals surface area contributed by atoms with Crippen LogP contribution in [0.3, 0.4) is 0 Å². The zero-order chi connectivity index (χ0) is 15.8. The van der Waals surface area contributed by atoms with E-state index in [0.717, 1.165) is 22.4 Å². The highest BCUT2D eigenvalue weighted by Crippen LogP contribution is 2.36. The standard InChI is InChI=1S/C16H19NO4/c1-9-6-11(16(2,3)4)13(20-5)7-10(9)12-8-14(15(18)19)21-17-12/h6-8H,1-5H3,(H,18,19). The number of aryl methyl sites for hydroxylation is 1. The van der Waals surface area contributed by atoms with Crippen LogP contribution in [0.25, 0.3) is 11.3 Å². The maximum Gasteiger partial charge on any atom is 0.374 e. The van der Waals surface area contributed by atoms with Crippen LogP contribution in [0.15, 0.2) is 22.7 Å². The van der Waals surface area contributed by atoms with Crippen LogP contribution in [0.4, 0.5) is 0 Å². The SMILES string of the molecule is COc1cc(-c2cc(C(=O)O)on2)c(C)cc1C(C)(C)C. The molecule has 1 heterocycles. The van der Waals surface area contributed by atoms with E-state index in [1.165, 1.54) is 6.07 Å². The molecule has 21 heavy (non-hydrogen) atoms. The lowest BCUT2D eigenvalue weighted by Crippen LogP contribution is -2.13. The molecule has 0 saturated heterocycles. The Hall–Kier alpha value is -2.30. The van der Waals surface area contributed by atoms with Crippen LogP contribution in [0.1, 0.15) is 42.5 Å². The number of methoxy groups -OCH3 is 1. The molecule has 0 fully saturated rings. The summed E-state index contributed by atoms with van der Waals surface area (Å²) in [6.45, 7) is 8.30. The van der Waals surface area contributed by atoms with E-state index >= 15 is 0 Å². The van der Waals surface area contributed by atoms with Crippen molar-refractivity contribution in [1.29, 1.82) is 0 Å². The van der Waals surface area contributed by atoms with Gasteiger partial charge in [-0.15, -0.1) is 0 Å². The van der Waals surface area contributed by atoms with Crippen LogP contribution in [-0.4, -0.2) is 23.3 Å². The van der Waals surface area contributed by atoms with Gasteiger partial charge in [-0.1, -0.05) is 32.0 Å². The number of rotatable bonds is 3. The van der Waals surface area contributed by atoms with Crippen molar-refractivity contribution in [3.63, 3.8) is 0 Å². The minimum atomic E-state index is -1.13. The van der Waals surface area contributed by atoms with E-state index < -0.39 is 5.97 Å². The van der Waals surface area contributed by atoms with E-state index in [1.807, 2.05) is 19.1 Å². The van der Waals surface area contributed by atoms with Crippen molar-refractivity contribution >= 4 is 5.97 Å². The summed E-state index contributed by atoms with van der Waals surface area (Å²) in [6, 6.07) is 5.34. The highest BCUT2D eigenvalue weighted by molar-refractivity contribution is 5.86. The van der Waals surface area contributed by atoms with Gasteiger partial charge in [0.15, 0.2) is 0 Å². The van der Waals surface area contributed by atoms with Crippen molar-refractivity contribution in [1.82, 2.24) is 5.16 Å². The molecule has 0 aliphatic carbocycles.